The van der Waals surface area contributed by atoms with Crippen LogP contribution in [0, 0.1) is 5.41 Å². The highest BCUT2D eigenvalue weighted by Gasteiger charge is 2.27. The van der Waals surface area contributed by atoms with Gasteiger partial charge in [0.25, 0.3) is 5.91 Å². The van der Waals surface area contributed by atoms with Gasteiger partial charge in [-0.3, -0.25) is 9.59 Å². The van der Waals surface area contributed by atoms with Crippen LogP contribution in [0.3, 0.4) is 0 Å². The number of ether oxygens (including phenoxy) is 1. The van der Waals surface area contributed by atoms with Crippen LogP contribution in [-0.2, 0) is 9.59 Å². The largest absolute Gasteiger partial charge is 0.484 e. The molecule has 0 radical (unpaired) electrons. The molecule has 98 valence electrons. The first kappa shape index (κ1) is 14.0. The summed E-state index contributed by atoms with van der Waals surface area (Å²) in [6.07, 6.45) is 0. The summed E-state index contributed by atoms with van der Waals surface area (Å²) < 4.78 is 5.23. The molecule has 0 aliphatic rings. The van der Waals surface area contributed by atoms with E-state index in [2.05, 4.69) is 5.32 Å². The van der Waals surface area contributed by atoms with E-state index in [9.17, 15) is 9.59 Å². The van der Waals surface area contributed by atoms with Crippen molar-refractivity contribution in [2.24, 2.45) is 5.41 Å². The second-order valence-electron chi connectivity index (χ2n) is 4.57. The van der Waals surface area contributed by atoms with Crippen LogP contribution in [-0.4, -0.2) is 30.1 Å². The van der Waals surface area contributed by atoms with Gasteiger partial charge in [0.15, 0.2) is 6.61 Å². The molecular weight excluding hydrogens is 234 g/mol. The number of para-hydroxylation sites is 1. The second kappa shape index (κ2) is 6.05. The molecule has 0 aliphatic heterocycles. The highest BCUT2D eigenvalue weighted by atomic mass is 16.5. The Morgan fingerprint density at radius 3 is 2.44 bits per heavy atom. The summed E-state index contributed by atoms with van der Waals surface area (Å²) in [7, 11) is 0. The predicted octanol–water partition coefficient (Wildman–Crippen LogP) is 1.29. The van der Waals surface area contributed by atoms with Gasteiger partial charge in [-0.05, 0) is 26.0 Å². The van der Waals surface area contributed by atoms with Gasteiger partial charge in [0.2, 0.25) is 0 Å². The molecule has 5 nitrogen and oxygen atoms in total. The van der Waals surface area contributed by atoms with Crippen LogP contribution in [0.15, 0.2) is 30.3 Å². The standard InChI is InChI=1S/C13H17NO4/c1-13(2,12(16)17)9-14-11(15)8-18-10-6-4-3-5-7-10/h3-7H,8-9H2,1-2H3,(H,14,15)(H,16,17). The highest BCUT2D eigenvalue weighted by molar-refractivity contribution is 5.79. The molecule has 0 bridgehead atoms. The lowest BCUT2D eigenvalue weighted by Crippen LogP contribution is -2.40. The molecule has 18 heavy (non-hydrogen) atoms. The van der Waals surface area contributed by atoms with Crippen LogP contribution < -0.4 is 10.1 Å². The number of hydrogen-bond acceptors (Lipinski definition) is 3. The fraction of sp³-hybridized carbons (Fsp3) is 0.385. The first-order valence-corrected chi connectivity index (χ1v) is 5.60. The molecule has 2 N–H and O–H groups in total. The lowest BCUT2D eigenvalue weighted by Gasteiger charge is -2.19. The molecule has 1 rings (SSSR count). The summed E-state index contributed by atoms with van der Waals surface area (Å²) in [5.74, 6) is -0.690. The maximum atomic E-state index is 11.5. The van der Waals surface area contributed by atoms with Crippen LogP contribution in [0.4, 0.5) is 0 Å². The zero-order valence-electron chi connectivity index (χ0n) is 10.5. The molecule has 0 saturated carbocycles. The minimum Gasteiger partial charge on any atom is -0.484 e. The molecule has 0 heterocycles. The van der Waals surface area contributed by atoms with E-state index in [1.165, 1.54) is 0 Å². The van der Waals surface area contributed by atoms with Gasteiger partial charge in [0.1, 0.15) is 5.75 Å². The van der Waals surface area contributed by atoms with Crippen LogP contribution in [0.2, 0.25) is 0 Å². The van der Waals surface area contributed by atoms with E-state index in [0.29, 0.717) is 5.75 Å². The lowest BCUT2D eigenvalue weighted by molar-refractivity contribution is -0.146. The summed E-state index contributed by atoms with van der Waals surface area (Å²) in [5.41, 5.74) is -0.984. The molecule has 0 unspecified atom stereocenters. The molecule has 0 spiro atoms. The van der Waals surface area contributed by atoms with Crippen LogP contribution in [0.25, 0.3) is 0 Å². The molecule has 0 aliphatic carbocycles. The van der Waals surface area contributed by atoms with Crippen molar-refractivity contribution in [3.05, 3.63) is 30.3 Å². The molecular formula is C13H17NO4. The molecule has 1 aromatic carbocycles. The maximum absolute atomic E-state index is 11.5. The van der Waals surface area contributed by atoms with Gasteiger partial charge in [0.05, 0.1) is 5.41 Å². The Morgan fingerprint density at radius 1 is 1.28 bits per heavy atom. The van der Waals surface area contributed by atoms with E-state index >= 15 is 0 Å². The monoisotopic (exact) mass is 251 g/mol. The zero-order chi connectivity index (χ0) is 13.6. The number of nitrogens with one attached hydrogen (secondary N) is 1. The topological polar surface area (TPSA) is 75.6 Å². The van der Waals surface area contributed by atoms with E-state index in [1.807, 2.05) is 6.07 Å². The minimum absolute atomic E-state index is 0.0688. The van der Waals surface area contributed by atoms with Crippen molar-refractivity contribution in [1.29, 1.82) is 0 Å². The molecule has 1 aromatic rings. The van der Waals surface area contributed by atoms with Gasteiger partial charge >= 0.3 is 5.97 Å². The number of rotatable bonds is 6. The first-order valence-electron chi connectivity index (χ1n) is 5.60. The Labute approximate surface area is 106 Å². The number of aliphatic carboxylic acids is 1. The van der Waals surface area contributed by atoms with Crippen molar-refractivity contribution in [2.75, 3.05) is 13.2 Å². The molecule has 0 saturated heterocycles. The van der Waals surface area contributed by atoms with E-state index < -0.39 is 11.4 Å². The smallest absolute Gasteiger partial charge is 0.310 e. The summed E-state index contributed by atoms with van der Waals surface area (Å²) in [4.78, 5) is 22.3. The Morgan fingerprint density at radius 2 is 1.89 bits per heavy atom. The minimum atomic E-state index is -0.984. The fourth-order valence-corrected chi connectivity index (χ4v) is 1.11. The summed E-state index contributed by atoms with van der Waals surface area (Å²) in [5, 5.41) is 11.4. The van der Waals surface area contributed by atoms with Gasteiger partial charge in [-0.2, -0.15) is 0 Å². The van der Waals surface area contributed by atoms with Crippen LogP contribution in [0.5, 0.6) is 5.75 Å². The molecule has 1 amide bonds. The van der Waals surface area contributed by atoms with Gasteiger partial charge in [0, 0.05) is 6.54 Å². The summed E-state index contributed by atoms with van der Waals surface area (Å²) >= 11 is 0. The normalized spacial score (nSPS) is 10.8. The molecule has 0 aromatic heterocycles. The Balaban J connectivity index is 2.33. The van der Waals surface area contributed by atoms with Gasteiger partial charge in [-0.1, -0.05) is 18.2 Å². The van der Waals surface area contributed by atoms with Gasteiger partial charge < -0.3 is 15.2 Å². The number of amides is 1. The van der Waals surface area contributed by atoms with Crippen molar-refractivity contribution >= 4 is 11.9 Å². The number of carboxylic acids is 1. The lowest BCUT2D eigenvalue weighted by atomic mass is 9.94. The SMILES string of the molecule is CC(C)(CNC(=O)COc1ccccc1)C(=O)O. The number of carboxylic acid groups (broad SMARTS) is 1. The summed E-state index contributed by atoms with van der Waals surface area (Å²) in [6, 6.07) is 8.95. The Bertz CT molecular complexity index is 414. The average Bonchev–Trinajstić information content (AvgIpc) is 2.35. The van der Waals surface area contributed by atoms with Crippen molar-refractivity contribution in [3.63, 3.8) is 0 Å². The Kier molecular flexibility index (Phi) is 4.71. The third-order valence-electron chi connectivity index (χ3n) is 2.42. The number of carbonyl (C=O) groups excluding carboxylic acids is 1. The van der Waals surface area contributed by atoms with Gasteiger partial charge in [-0.15, -0.1) is 0 Å². The number of carbonyl (C=O) groups is 2. The fourth-order valence-electron chi connectivity index (χ4n) is 1.11. The first-order chi connectivity index (χ1) is 8.42. The number of hydrogen-bond donors (Lipinski definition) is 2. The molecule has 0 atom stereocenters. The van der Waals surface area contributed by atoms with E-state index in [-0.39, 0.29) is 19.1 Å². The molecule has 5 heteroatoms. The predicted molar refractivity (Wildman–Crippen MR) is 66.4 cm³/mol. The summed E-state index contributed by atoms with van der Waals surface area (Å²) in [6.45, 7) is 3.04. The third kappa shape index (κ3) is 4.45. The Hall–Kier alpha value is -2.04. The van der Waals surface area contributed by atoms with E-state index in [0.717, 1.165) is 0 Å². The quantitative estimate of drug-likeness (QED) is 0.799. The van der Waals surface area contributed by atoms with Crippen molar-refractivity contribution in [3.8, 4) is 5.75 Å². The van der Waals surface area contributed by atoms with E-state index in [4.69, 9.17) is 9.84 Å². The van der Waals surface area contributed by atoms with Crippen molar-refractivity contribution in [1.82, 2.24) is 5.32 Å². The second-order valence-corrected chi connectivity index (χ2v) is 4.57. The van der Waals surface area contributed by atoms with Crippen LogP contribution >= 0.6 is 0 Å². The average molecular weight is 251 g/mol. The van der Waals surface area contributed by atoms with Crippen LogP contribution in [0.1, 0.15) is 13.8 Å². The zero-order valence-corrected chi connectivity index (χ0v) is 10.5. The molecule has 0 fully saturated rings. The van der Waals surface area contributed by atoms with E-state index in [1.54, 1.807) is 38.1 Å². The maximum Gasteiger partial charge on any atom is 0.310 e. The van der Waals surface area contributed by atoms with Crippen molar-refractivity contribution in [2.45, 2.75) is 13.8 Å². The van der Waals surface area contributed by atoms with Gasteiger partial charge in [-0.25, -0.2) is 0 Å². The third-order valence-corrected chi connectivity index (χ3v) is 2.42. The highest BCUT2D eigenvalue weighted by Crippen LogP contribution is 2.13. The number of benzene rings is 1. The van der Waals surface area contributed by atoms with Crippen molar-refractivity contribution < 1.29 is 19.4 Å².